The fraction of sp³-hybridized carbons (Fsp3) is 0.500. The zero-order valence-corrected chi connectivity index (χ0v) is 19.1. The summed E-state index contributed by atoms with van der Waals surface area (Å²) in [7, 11) is 0. The summed E-state index contributed by atoms with van der Waals surface area (Å²) in [5, 5.41) is 7.94. The first kappa shape index (κ1) is 26.8. The number of nitrogens with one attached hydrogen (secondary N) is 3. The van der Waals surface area contributed by atoms with E-state index in [1.54, 1.807) is 38.1 Å². The van der Waals surface area contributed by atoms with Crippen molar-refractivity contribution in [2.45, 2.75) is 65.1 Å². The van der Waals surface area contributed by atoms with Crippen molar-refractivity contribution in [2.75, 3.05) is 11.9 Å². The average molecular weight is 447 g/mol. The SMILES string of the molecule is CC(=O)Cc1ccc(NC(=O)[C@H](C)NC(=O)[C@H](CCCN=C(C)N)NC(=O)[C@H](C)N)cc1. The van der Waals surface area contributed by atoms with Crippen molar-refractivity contribution >= 4 is 35.0 Å². The molecule has 0 aliphatic heterocycles. The van der Waals surface area contributed by atoms with E-state index in [1.807, 2.05) is 0 Å². The van der Waals surface area contributed by atoms with Crippen LogP contribution in [0.25, 0.3) is 0 Å². The highest BCUT2D eigenvalue weighted by atomic mass is 16.2. The van der Waals surface area contributed by atoms with Crippen molar-refractivity contribution in [2.24, 2.45) is 16.5 Å². The monoisotopic (exact) mass is 446 g/mol. The first-order chi connectivity index (χ1) is 15.0. The minimum atomic E-state index is -0.858. The standard InChI is InChI=1S/C22H34N6O4/c1-13(29)12-17-7-9-18(10-8-17)27-21(31)15(3)26-22(32)19(28-20(30)14(2)23)6-5-11-25-16(4)24/h7-10,14-15,19H,5-6,11-12,23H2,1-4H3,(H2,24,25)(H,26,32)(H,27,31)(H,28,30)/t14-,15-,19-/m0/s1. The molecule has 0 spiro atoms. The molecule has 0 aliphatic rings. The topological polar surface area (TPSA) is 169 Å². The summed E-state index contributed by atoms with van der Waals surface area (Å²) in [6, 6.07) is 4.41. The Balaban J connectivity index is 2.70. The Morgan fingerprint density at radius 1 is 0.969 bits per heavy atom. The molecule has 10 nitrogen and oxygen atoms in total. The number of amidine groups is 1. The Hall–Kier alpha value is -3.27. The minimum Gasteiger partial charge on any atom is -0.388 e. The number of hydrogen-bond donors (Lipinski definition) is 5. The Labute approximate surface area is 188 Å². The van der Waals surface area contributed by atoms with Gasteiger partial charge in [-0.3, -0.25) is 24.2 Å². The number of nitrogens with two attached hydrogens (primary N) is 2. The third kappa shape index (κ3) is 10.2. The highest BCUT2D eigenvalue weighted by Crippen LogP contribution is 2.11. The lowest BCUT2D eigenvalue weighted by Crippen LogP contribution is -2.54. The molecule has 0 bridgehead atoms. The molecule has 0 saturated heterocycles. The number of ketones is 1. The number of carbonyl (C=O) groups is 4. The third-order valence-electron chi connectivity index (χ3n) is 4.49. The maximum absolute atomic E-state index is 12.7. The maximum Gasteiger partial charge on any atom is 0.246 e. The molecule has 0 unspecified atom stereocenters. The van der Waals surface area contributed by atoms with E-state index >= 15 is 0 Å². The van der Waals surface area contributed by atoms with Gasteiger partial charge in [-0.1, -0.05) is 12.1 Å². The average Bonchev–Trinajstić information content (AvgIpc) is 2.70. The molecule has 0 fully saturated rings. The van der Waals surface area contributed by atoms with Gasteiger partial charge in [0.2, 0.25) is 17.7 Å². The Bertz CT molecular complexity index is 831. The molecule has 0 saturated carbocycles. The van der Waals surface area contributed by atoms with Crippen LogP contribution in [-0.4, -0.2) is 54.0 Å². The molecule has 1 aromatic rings. The Kier molecular flexibility index (Phi) is 11.0. The molecule has 1 rings (SSSR count). The van der Waals surface area contributed by atoms with E-state index in [2.05, 4.69) is 20.9 Å². The van der Waals surface area contributed by atoms with E-state index in [0.29, 0.717) is 37.3 Å². The summed E-state index contributed by atoms with van der Waals surface area (Å²) in [4.78, 5) is 52.4. The number of rotatable bonds is 12. The van der Waals surface area contributed by atoms with Crippen molar-refractivity contribution in [1.82, 2.24) is 10.6 Å². The summed E-state index contributed by atoms with van der Waals surface area (Å²) in [6.45, 7) is 6.65. The Morgan fingerprint density at radius 3 is 2.12 bits per heavy atom. The van der Waals surface area contributed by atoms with Gasteiger partial charge in [-0.25, -0.2) is 0 Å². The predicted molar refractivity (Wildman–Crippen MR) is 124 cm³/mol. The highest BCUT2D eigenvalue weighted by Gasteiger charge is 2.25. The van der Waals surface area contributed by atoms with E-state index in [0.717, 1.165) is 5.56 Å². The van der Waals surface area contributed by atoms with Crippen LogP contribution in [-0.2, 0) is 25.6 Å². The molecule has 0 radical (unpaired) electrons. The van der Waals surface area contributed by atoms with Gasteiger partial charge in [0.15, 0.2) is 0 Å². The third-order valence-corrected chi connectivity index (χ3v) is 4.49. The lowest BCUT2D eigenvalue weighted by atomic mass is 10.1. The highest BCUT2D eigenvalue weighted by molar-refractivity contribution is 5.98. The second-order valence-electron chi connectivity index (χ2n) is 7.81. The number of nitrogens with zero attached hydrogens (tertiary/aromatic N) is 1. The number of anilines is 1. The van der Waals surface area contributed by atoms with Crippen LogP contribution in [0.1, 0.15) is 46.1 Å². The fourth-order valence-corrected chi connectivity index (χ4v) is 2.75. The summed E-state index contributed by atoms with van der Waals surface area (Å²) in [5.74, 6) is -0.893. The summed E-state index contributed by atoms with van der Waals surface area (Å²) >= 11 is 0. The van der Waals surface area contributed by atoms with Crippen LogP contribution in [0.5, 0.6) is 0 Å². The van der Waals surface area contributed by atoms with Crippen LogP contribution in [0, 0.1) is 0 Å². The molecule has 10 heteroatoms. The first-order valence-corrected chi connectivity index (χ1v) is 10.5. The lowest BCUT2D eigenvalue weighted by Gasteiger charge is -2.22. The van der Waals surface area contributed by atoms with E-state index in [9.17, 15) is 19.2 Å². The number of benzene rings is 1. The van der Waals surface area contributed by atoms with Gasteiger partial charge in [-0.2, -0.15) is 0 Å². The number of hydrogen-bond acceptors (Lipinski definition) is 6. The Morgan fingerprint density at radius 2 is 1.59 bits per heavy atom. The molecular weight excluding hydrogens is 412 g/mol. The number of Topliss-reactive ketones (excluding diaryl/α,β-unsaturated/α-hetero) is 1. The van der Waals surface area contributed by atoms with Crippen LogP contribution in [0.15, 0.2) is 29.3 Å². The molecule has 3 atom stereocenters. The van der Waals surface area contributed by atoms with Crippen molar-refractivity contribution in [3.05, 3.63) is 29.8 Å². The molecule has 0 aliphatic carbocycles. The van der Waals surface area contributed by atoms with Crippen LogP contribution in [0.3, 0.4) is 0 Å². The largest absolute Gasteiger partial charge is 0.388 e. The molecule has 3 amide bonds. The van der Waals surface area contributed by atoms with Gasteiger partial charge in [-0.05, 0) is 58.2 Å². The van der Waals surface area contributed by atoms with Crippen LogP contribution >= 0.6 is 0 Å². The summed E-state index contributed by atoms with van der Waals surface area (Å²) in [6.07, 6.45) is 1.15. The lowest BCUT2D eigenvalue weighted by molar-refractivity contribution is -0.131. The van der Waals surface area contributed by atoms with Crippen molar-refractivity contribution in [3.63, 3.8) is 0 Å². The van der Waals surface area contributed by atoms with Gasteiger partial charge in [0.1, 0.15) is 17.9 Å². The number of aliphatic imine (C=N–C) groups is 1. The number of amides is 3. The summed E-state index contributed by atoms with van der Waals surface area (Å²) < 4.78 is 0. The minimum absolute atomic E-state index is 0.0498. The van der Waals surface area contributed by atoms with Gasteiger partial charge < -0.3 is 27.4 Å². The fourth-order valence-electron chi connectivity index (χ4n) is 2.75. The molecular formula is C22H34N6O4. The van der Waals surface area contributed by atoms with E-state index in [1.165, 1.54) is 13.8 Å². The zero-order chi connectivity index (χ0) is 24.3. The maximum atomic E-state index is 12.7. The quantitative estimate of drug-likeness (QED) is 0.175. The molecule has 0 aromatic heterocycles. The normalized spacial score (nSPS) is 14.1. The first-order valence-electron chi connectivity index (χ1n) is 10.5. The van der Waals surface area contributed by atoms with Gasteiger partial charge in [-0.15, -0.1) is 0 Å². The van der Waals surface area contributed by atoms with Gasteiger partial charge >= 0.3 is 0 Å². The second-order valence-corrected chi connectivity index (χ2v) is 7.81. The molecule has 1 aromatic carbocycles. The van der Waals surface area contributed by atoms with Crippen molar-refractivity contribution in [1.29, 1.82) is 0 Å². The van der Waals surface area contributed by atoms with Gasteiger partial charge in [0.25, 0.3) is 0 Å². The smallest absolute Gasteiger partial charge is 0.246 e. The second kappa shape index (κ2) is 13.2. The number of carbonyl (C=O) groups excluding carboxylic acids is 4. The van der Waals surface area contributed by atoms with E-state index in [-0.39, 0.29) is 5.78 Å². The zero-order valence-electron chi connectivity index (χ0n) is 19.1. The van der Waals surface area contributed by atoms with E-state index < -0.39 is 35.8 Å². The van der Waals surface area contributed by atoms with Crippen LogP contribution < -0.4 is 27.4 Å². The van der Waals surface area contributed by atoms with Crippen LogP contribution in [0.4, 0.5) is 5.69 Å². The van der Waals surface area contributed by atoms with Gasteiger partial charge in [0.05, 0.1) is 11.9 Å². The van der Waals surface area contributed by atoms with Gasteiger partial charge in [0, 0.05) is 18.7 Å². The van der Waals surface area contributed by atoms with E-state index in [4.69, 9.17) is 11.5 Å². The van der Waals surface area contributed by atoms with Crippen LogP contribution in [0.2, 0.25) is 0 Å². The molecule has 176 valence electrons. The molecule has 0 heterocycles. The molecule has 7 N–H and O–H groups in total. The molecule has 32 heavy (non-hydrogen) atoms. The predicted octanol–water partition coefficient (Wildman–Crippen LogP) is 0.251. The summed E-state index contributed by atoms with van der Waals surface area (Å²) in [5.41, 5.74) is 12.5. The van der Waals surface area contributed by atoms with Crippen molar-refractivity contribution in [3.8, 4) is 0 Å². The van der Waals surface area contributed by atoms with Crippen molar-refractivity contribution < 1.29 is 19.2 Å².